The Labute approximate surface area is 65.4 Å². The normalized spacial score (nSPS) is 14.8. The van der Waals surface area contributed by atoms with E-state index in [1.165, 1.54) is 0 Å². The largest absolute Gasteiger partial charge is 0.479 e. The second-order valence-electron chi connectivity index (χ2n) is 3.10. The van der Waals surface area contributed by atoms with Crippen LogP contribution in [0.4, 0.5) is 0 Å². The Balaban J connectivity index is 3.80. The Kier molecular flexibility index (Phi) is 3.12. The van der Waals surface area contributed by atoms with Crippen LogP contribution in [0, 0.1) is 0 Å². The van der Waals surface area contributed by atoms with Gasteiger partial charge in [0.1, 0.15) is 0 Å². The predicted molar refractivity (Wildman–Crippen MR) is 40.2 cm³/mol. The summed E-state index contributed by atoms with van der Waals surface area (Å²) >= 11 is 5.39. The molecule has 0 fully saturated rings. The first-order valence-electron chi connectivity index (χ1n) is 2.97. The number of rotatable bonds is 2. The van der Waals surface area contributed by atoms with Crippen LogP contribution < -0.4 is 5.32 Å². The van der Waals surface area contributed by atoms with Gasteiger partial charge in [0.05, 0.1) is 0 Å². The Bertz CT molecular complexity index is 130. The molecule has 0 aliphatic rings. The van der Waals surface area contributed by atoms with Crippen LogP contribution >= 0.6 is 11.6 Å². The number of hydrogen-bond donors (Lipinski definition) is 2. The van der Waals surface area contributed by atoms with E-state index in [0.717, 1.165) is 0 Å². The molecule has 0 saturated carbocycles. The summed E-state index contributed by atoms with van der Waals surface area (Å²) in [5, 5.41) is 11.0. The molecule has 10 heavy (non-hydrogen) atoms. The molecule has 3 nitrogen and oxygen atoms in total. The molecule has 0 aliphatic carbocycles. The third kappa shape index (κ3) is 4.58. The summed E-state index contributed by atoms with van der Waals surface area (Å²) in [6.45, 7) is 5.56. The molecule has 0 heterocycles. The standard InChI is InChI=1S/C6H12ClNO2/c1-6(2,3)8-4(7)5(9)10/h4,8H,1-3H3,(H,9,10). The number of carboxylic acid groups (broad SMARTS) is 1. The minimum Gasteiger partial charge on any atom is -0.479 e. The number of aliphatic carboxylic acids is 1. The lowest BCUT2D eigenvalue weighted by Crippen LogP contribution is -2.44. The van der Waals surface area contributed by atoms with Gasteiger partial charge in [-0.25, -0.2) is 4.79 Å². The van der Waals surface area contributed by atoms with Gasteiger partial charge in [0, 0.05) is 5.54 Å². The van der Waals surface area contributed by atoms with Crippen LogP contribution in [-0.2, 0) is 4.79 Å². The van der Waals surface area contributed by atoms with Crippen molar-refractivity contribution in [1.29, 1.82) is 0 Å². The van der Waals surface area contributed by atoms with Crippen molar-refractivity contribution in [3.63, 3.8) is 0 Å². The van der Waals surface area contributed by atoms with Gasteiger partial charge in [0.2, 0.25) is 0 Å². The second kappa shape index (κ2) is 3.21. The molecule has 0 aromatic rings. The van der Waals surface area contributed by atoms with Gasteiger partial charge in [0.25, 0.3) is 0 Å². The first-order valence-corrected chi connectivity index (χ1v) is 3.41. The van der Waals surface area contributed by atoms with E-state index in [9.17, 15) is 4.79 Å². The molecule has 0 rings (SSSR count). The fraction of sp³-hybridized carbons (Fsp3) is 0.833. The topological polar surface area (TPSA) is 49.3 Å². The summed E-state index contributed by atoms with van der Waals surface area (Å²) in [5.74, 6) is -1.04. The van der Waals surface area contributed by atoms with E-state index in [1.807, 2.05) is 20.8 Å². The molecule has 4 heteroatoms. The molecule has 0 bridgehead atoms. The SMILES string of the molecule is CC(C)(C)NC(Cl)C(=O)O. The lowest BCUT2D eigenvalue weighted by Gasteiger charge is -2.21. The van der Waals surface area contributed by atoms with E-state index >= 15 is 0 Å². The fourth-order valence-corrected chi connectivity index (χ4v) is 0.769. The highest BCUT2D eigenvalue weighted by molar-refractivity contribution is 6.29. The molecule has 1 unspecified atom stereocenters. The first kappa shape index (κ1) is 9.72. The monoisotopic (exact) mass is 165 g/mol. The summed E-state index contributed by atoms with van der Waals surface area (Å²) in [6, 6.07) is 0. The number of halogens is 1. The predicted octanol–water partition coefficient (Wildman–Crippen LogP) is 1.02. The number of nitrogens with one attached hydrogen (secondary N) is 1. The first-order chi connectivity index (χ1) is 4.33. The average Bonchev–Trinajstić information content (AvgIpc) is 1.60. The molecule has 0 saturated heterocycles. The zero-order chi connectivity index (χ0) is 8.36. The van der Waals surface area contributed by atoms with Gasteiger partial charge in [-0.3, -0.25) is 5.32 Å². The highest BCUT2D eigenvalue weighted by Gasteiger charge is 2.19. The molecule has 0 spiro atoms. The van der Waals surface area contributed by atoms with E-state index in [4.69, 9.17) is 16.7 Å². The molecule has 0 aromatic carbocycles. The zero-order valence-electron chi connectivity index (χ0n) is 6.31. The van der Waals surface area contributed by atoms with Crippen molar-refractivity contribution in [3.8, 4) is 0 Å². The molecular formula is C6H12ClNO2. The Morgan fingerprint density at radius 2 is 2.00 bits per heavy atom. The van der Waals surface area contributed by atoms with Crippen molar-refractivity contribution >= 4 is 17.6 Å². The molecule has 0 aliphatic heterocycles. The van der Waals surface area contributed by atoms with Gasteiger partial charge in [-0.05, 0) is 20.8 Å². The van der Waals surface area contributed by atoms with E-state index < -0.39 is 11.5 Å². The van der Waals surface area contributed by atoms with Crippen molar-refractivity contribution in [1.82, 2.24) is 5.32 Å². The molecule has 0 amide bonds. The second-order valence-corrected chi connectivity index (χ2v) is 3.53. The summed E-state index contributed by atoms with van der Waals surface area (Å²) in [5.41, 5.74) is -1.26. The van der Waals surface area contributed by atoms with Crippen LogP contribution in [0.3, 0.4) is 0 Å². The smallest absolute Gasteiger partial charge is 0.336 e. The Morgan fingerprint density at radius 1 is 1.60 bits per heavy atom. The Morgan fingerprint density at radius 3 is 2.10 bits per heavy atom. The molecule has 0 aromatic heterocycles. The maximum Gasteiger partial charge on any atom is 0.336 e. The highest BCUT2D eigenvalue weighted by Crippen LogP contribution is 2.03. The number of carbonyl (C=O) groups is 1. The molecule has 0 radical (unpaired) electrons. The lowest BCUT2D eigenvalue weighted by atomic mass is 10.1. The van der Waals surface area contributed by atoms with Crippen molar-refractivity contribution in [2.45, 2.75) is 31.8 Å². The van der Waals surface area contributed by atoms with Crippen LogP contribution in [0.2, 0.25) is 0 Å². The fourth-order valence-electron chi connectivity index (χ4n) is 0.442. The van der Waals surface area contributed by atoms with Gasteiger partial charge in [-0.15, -0.1) is 0 Å². The minimum absolute atomic E-state index is 0.259. The van der Waals surface area contributed by atoms with Crippen LogP contribution in [0.5, 0.6) is 0 Å². The van der Waals surface area contributed by atoms with Gasteiger partial charge in [0.15, 0.2) is 5.50 Å². The summed E-state index contributed by atoms with van der Waals surface area (Å²) < 4.78 is 0. The maximum atomic E-state index is 10.2. The number of carboxylic acids is 1. The summed E-state index contributed by atoms with van der Waals surface area (Å²) in [6.07, 6.45) is 0. The Hall–Kier alpha value is -0.280. The van der Waals surface area contributed by atoms with Crippen molar-refractivity contribution in [2.75, 3.05) is 0 Å². The third-order valence-corrected chi connectivity index (χ3v) is 1.07. The summed E-state index contributed by atoms with van der Waals surface area (Å²) in [7, 11) is 0. The molecular weight excluding hydrogens is 154 g/mol. The minimum atomic E-state index is -1.04. The van der Waals surface area contributed by atoms with E-state index in [1.54, 1.807) is 0 Å². The van der Waals surface area contributed by atoms with Gasteiger partial charge < -0.3 is 5.11 Å². The van der Waals surface area contributed by atoms with Crippen molar-refractivity contribution < 1.29 is 9.90 Å². The van der Waals surface area contributed by atoms with Crippen LogP contribution in [-0.4, -0.2) is 22.1 Å². The summed E-state index contributed by atoms with van der Waals surface area (Å²) in [4.78, 5) is 10.2. The highest BCUT2D eigenvalue weighted by atomic mass is 35.5. The van der Waals surface area contributed by atoms with Crippen LogP contribution in [0.1, 0.15) is 20.8 Å². The zero-order valence-corrected chi connectivity index (χ0v) is 7.07. The van der Waals surface area contributed by atoms with Crippen molar-refractivity contribution in [3.05, 3.63) is 0 Å². The van der Waals surface area contributed by atoms with E-state index in [0.29, 0.717) is 0 Å². The number of hydrogen-bond acceptors (Lipinski definition) is 2. The van der Waals surface area contributed by atoms with Gasteiger partial charge in [-0.1, -0.05) is 11.6 Å². The van der Waals surface area contributed by atoms with Crippen molar-refractivity contribution in [2.24, 2.45) is 0 Å². The van der Waals surface area contributed by atoms with Gasteiger partial charge in [-0.2, -0.15) is 0 Å². The van der Waals surface area contributed by atoms with Gasteiger partial charge >= 0.3 is 5.97 Å². The third-order valence-electron chi connectivity index (χ3n) is 0.777. The number of alkyl halides is 1. The van der Waals surface area contributed by atoms with E-state index in [-0.39, 0.29) is 5.54 Å². The maximum absolute atomic E-state index is 10.2. The quantitative estimate of drug-likeness (QED) is 0.475. The van der Waals surface area contributed by atoms with Crippen LogP contribution in [0.25, 0.3) is 0 Å². The lowest BCUT2D eigenvalue weighted by molar-refractivity contribution is -0.137. The molecule has 2 N–H and O–H groups in total. The molecule has 1 atom stereocenters. The molecule has 60 valence electrons. The van der Waals surface area contributed by atoms with E-state index in [2.05, 4.69) is 5.32 Å². The average molecular weight is 166 g/mol. The van der Waals surface area contributed by atoms with Crippen LogP contribution in [0.15, 0.2) is 0 Å².